The number of carbonyl (C=O) groups excluding carboxylic acids is 3. The second-order valence-electron chi connectivity index (χ2n) is 7.34. The van der Waals surface area contributed by atoms with Crippen LogP contribution in [-0.2, 0) is 9.59 Å². The van der Waals surface area contributed by atoms with Crippen LogP contribution in [0.1, 0.15) is 16.9 Å². The molecule has 0 aliphatic carbocycles. The van der Waals surface area contributed by atoms with Gasteiger partial charge in [-0.05, 0) is 73.6 Å². The lowest BCUT2D eigenvalue weighted by molar-refractivity contribution is -0.127. The van der Waals surface area contributed by atoms with Gasteiger partial charge in [0.25, 0.3) is 11.1 Å². The summed E-state index contributed by atoms with van der Waals surface area (Å²) in [7, 11) is 0. The van der Waals surface area contributed by atoms with Crippen LogP contribution in [0.5, 0.6) is 0 Å². The van der Waals surface area contributed by atoms with Crippen LogP contribution in [0.15, 0.2) is 63.9 Å². The quantitative estimate of drug-likeness (QED) is 0.474. The predicted octanol–water partition coefficient (Wildman–Crippen LogP) is 5.89. The summed E-state index contributed by atoms with van der Waals surface area (Å²) in [6.45, 7) is 3.49. The Morgan fingerprint density at radius 2 is 1.84 bits per heavy atom. The second kappa shape index (κ2) is 9.06. The van der Waals surface area contributed by atoms with Crippen molar-refractivity contribution < 1.29 is 18.8 Å². The molecule has 0 spiro atoms. The van der Waals surface area contributed by atoms with Gasteiger partial charge in [-0.25, -0.2) is 0 Å². The molecule has 1 saturated heterocycles. The Balaban J connectivity index is 1.45. The van der Waals surface area contributed by atoms with E-state index < -0.39 is 17.1 Å². The largest absolute Gasteiger partial charge is 0.457 e. The molecule has 32 heavy (non-hydrogen) atoms. The Morgan fingerprint density at radius 1 is 1.09 bits per heavy atom. The van der Waals surface area contributed by atoms with Gasteiger partial charge in [-0.2, -0.15) is 0 Å². The number of hydrogen-bond donors (Lipinski definition) is 1. The SMILES string of the molecule is Cc1ccc(NC(=O)CN2C(=O)S/C(=C/c3ccc(-c4ccc(Cl)cc4)o3)C2=O)c(C)c1. The summed E-state index contributed by atoms with van der Waals surface area (Å²) >= 11 is 6.69. The number of benzene rings is 2. The minimum absolute atomic E-state index is 0.200. The Morgan fingerprint density at radius 3 is 2.56 bits per heavy atom. The molecule has 1 fully saturated rings. The number of nitrogens with zero attached hydrogens (tertiary/aromatic N) is 1. The summed E-state index contributed by atoms with van der Waals surface area (Å²) in [5.74, 6) is 0.0731. The summed E-state index contributed by atoms with van der Waals surface area (Å²) in [4.78, 5) is 38.6. The fraction of sp³-hybridized carbons (Fsp3) is 0.125. The molecule has 8 heteroatoms. The first kappa shape index (κ1) is 21.9. The van der Waals surface area contributed by atoms with Gasteiger partial charge in [0.05, 0.1) is 4.91 Å². The van der Waals surface area contributed by atoms with E-state index in [1.54, 1.807) is 30.3 Å². The maximum Gasteiger partial charge on any atom is 0.294 e. The number of halogens is 1. The molecule has 0 atom stereocenters. The maximum absolute atomic E-state index is 12.7. The molecule has 2 aromatic carbocycles. The molecule has 2 heterocycles. The van der Waals surface area contributed by atoms with E-state index in [0.717, 1.165) is 33.4 Å². The second-order valence-corrected chi connectivity index (χ2v) is 8.77. The number of carbonyl (C=O) groups is 3. The Bertz CT molecular complexity index is 1250. The van der Waals surface area contributed by atoms with Gasteiger partial charge in [0.1, 0.15) is 18.1 Å². The smallest absolute Gasteiger partial charge is 0.294 e. The van der Waals surface area contributed by atoms with Crippen molar-refractivity contribution >= 4 is 52.2 Å². The number of thioether (sulfide) groups is 1. The maximum atomic E-state index is 12.7. The van der Waals surface area contributed by atoms with Crippen LogP contribution in [0, 0.1) is 13.8 Å². The van der Waals surface area contributed by atoms with Gasteiger partial charge in [0, 0.05) is 22.3 Å². The molecular weight excluding hydrogens is 448 g/mol. The molecule has 0 radical (unpaired) electrons. The average molecular weight is 467 g/mol. The molecule has 4 rings (SSSR count). The first-order chi connectivity index (χ1) is 15.3. The lowest BCUT2D eigenvalue weighted by atomic mass is 10.1. The molecule has 1 aliphatic rings. The number of rotatable bonds is 5. The monoisotopic (exact) mass is 466 g/mol. The van der Waals surface area contributed by atoms with Gasteiger partial charge < -0.3 is 9.73 Å². The number of hydrogen-bond acceptors (Lipinski definition) is 5. The van der Waals surface area contributed by atoms with Crippen molar-refractivity contribution in [2.45, 2.75) is 13.8 Å². The molecule has 6 nitrogen and oxygen atoms in total. The van der Waals surface area contributed by atoms with Crippen molar-refractivity contribution in [1.29, 1.82) is 0 Å². The summed E-state index contributed by atoms with van der Waals surface area (Å²) in [5, 5.41) is 2.88. The number of amides is 3. The van der Waals surface area contributed by atoms with E-state index in [0.29, 0.717) is 22.2 Å². The van der Waals surface area contributed by atoms with Crippen LogP contribution in [0.4, 0.5) is 10.5 Å². The van der Waals surface area contributed by atoms with Gasteiger partial charge in [-0.15, -0.1) is 0 Å². The molecule has 1 aliphatic heterocycles. The third-order valence-electron chi connectivity index (χ3n) is 4.86. The van der Waals surface area contributed by atoms with E-state index in [1.807, 2.05) is 38.1 Å². The fourth-order valence-corrected chi connectivity index (χ4v) is 4.20. The standard InChI is InChI=1S/C24H19ClN2O4S/c1-14-3-9-19(15(2)11-14)26-22(28)13-27-23(29)21(32-24(27)30)12-18-8-10-20(31-18)16-4-6-17(25)7-5-16/h3-12H,13H2,1-2H3,(H,26,28)/b21-12+. The normalized spacial score (nSPS) is 15.0. The lowest BCUT2D eigenvalue weighted by Crippen LogP contribution is -2.36. The van der Waals surface area contributed by atoms with E-state index in [-0.39, 0.29) is 11.4 Å². The number of imide groups is 1. The topological polar surface area (TPSA) is 79.6 Å². The van der Waals surface area contributed by atoms with Crippen molar-refractivity contribution in [3.63, 3.8) is 0 Å². The van der Waals surface area contributed by atoms with Crippen molar-refractivity contribution in [3.8, 4) is 11.3 Å². The van der Waals surface area contributed by atoms with E-state index in [2.05, 4.69) is 5.32 Å². The molecule has 3 aromatic rings. The third-order valence-corrected chi connectivity index (χ3v) is 6.02. The van der Waals surface area contributed by atoms with Gasteiger partial charge in [-0.1, -0.05) is 29.3 Å². The zero-order chi connectivity index (χ0) is 22.8. The van der Waals surface area contributed by atoms with Crippen LogP contribution < -0.4 is 5.32 Å². The first-order valence-electron chi connectivity index (χ1n) is 9.78. The number of anilines is 1. The van der Waals surface area contributed by atoms with E-state index >= 15 is 0 Å². The number of nitrogens with one attached hydrogen (secondary N) is 1. The van der Waals surface area contributed by atoms with E-state index in [4.69, 9.17) is 16.0 Å². The highest BCUT2D eigenvalue weighted by Gasteiger charge is 2.36. The predicted molar refractivity (Wildman–Crippen MR) is 126 cm³/mol. The molecule has 0 saturated carbocycles. The third kappa shape index (κ3) is 4.79. The fourth-order valence-electron chi connectivity index (χ4n) is 3.25. The number of furan rings is 1. The average Bonchev–Trinajstić information content (AvgIpc) is 3.31. The number of aryl methyl sites for hydroxylation is 2. The first-order valence-corrected chi connectivity index (χ1v) is 11.0. The highest BCUT2D eigenvalue weighted by Crippen LogP contribution is 2.33. The molecule has 162 valence electrons. The molecule has 1 N–H and O–H groups in total. The minimum Gasteiger partial charge on any atom is -0.457 e. The minimum atomic E-state index is -0.528. The highest BCUT2D eigenvalue weighted by atomic mass is 35.5. The van der Waals surface area contributed by atoms with Crippen molar-refractivity contribution in [1.82, 2.24) is 4.90 Å². The molecule has 0 unspecified atom stereocenters. The Hall–Kier alpha value is -3.29. The van der Waals surface area contributed by atoms with Crippen LogP contribution in [0.25, 0.3) is 17.4 Å². The van der Waals surface area contributed by atoms with Crippen molar-refractivity contribution in [2.24, 2.45) is 0 Å². The van der Waals surface area contributed by atoms with Gasteiger partial charge in [0.15, 0.2) is 0 Å². The Labute approximate surface area is 194 Å². The van der Waals surface area contributed by atoms with Crippen molar-refractivity contribution in [3.05, 3.63) is 81.4 Å². The summed E-state index contributed by atoms with van der Waals surface area (Å²) in [5.41, 5.74) is 3.47. The van der Waals surface area contributed by atoms with Gasteiger partial charge in [0.2, 0.25) is 5.91 Å². The summed E-state index contributed by atoms with van der Waals surface area (Å²) in [6, 6.07) is 16.3. The zero-order valence-corrected chi connectivity index (χ0v) is 18.9. The molecule has 1 aromatic heterocycles. The van der Waals surface area contributed by atoms with Crippen LogP contribution >= 0.6 is 23.4 Å². The van der Waals surface area contributed by atoms with E-state index in [9.17, 15) is 14.4 Å². The zero-order valence-electron chi connectivity index (χ0n) is 17.3. The molecule has 0 bridgehead atoms. The van der Waals surface area contributed by atoms with Crippen LogP contribution in [0.2, 0.25) is 5.02 Å². The highest BCUT2D eigenvalue weighted by molar-refractivity contribution is 8.18. The van der Waals surface area contributed by atoms with Crippen LogP contribution in [-0.4, -0.2) is 28.5 Å². The summed E-state index contributed by atoms with van der Waals surface area (Å²) < 4.78 is 5.78. The molecular formula is C24H19ClN2O4S. The van der Waals surface area contributed by atoms with Gasteiger partial charge >= 0.3 is 0 Å². The lowest BCUT2D eigenvalue weighted by Gasteiger charge is -2.13. The van der Waals surface area contributed by atoms with Gasteiger partial charge in [-0.3, -0.25) is 19.3 Å². The van der Waals surface area contributed by atoms with E-state index in [1.165, 1.54) is 6.08 Å². The Kier molecular flexibility index (Phi) is 6.21. The summed E-state index contributed by atoms with van der Waals surface area (Å²) in [6.07, 6.45) is 1.51. The molecule has 3 amide bonds. The van der Waals surface area contributed by atoms with Crippen molar-refractivity contribution in [2.75, 3.05) is 11.9 Å². The van der Waals surface area contributed by atoms with Crippen LogP contribution in [0.3, 0.4) is 0 Å².